The minimum atomic E-state index is -1.29. The molecule has 2 atom stereocenters. The summed E-state index contributed by atoms with van der Waals surface area (Å²) in [5.41, 5.74) is 2.83. The first-order chi connectivity index (χ1) is 20.3. The summed E-state index contributed by atoms with van der Waals surface area (Å²) in [7, 11) is 1.61. The van der Waals surface area contributed by atoms with Crippen molar-refractivity contribution in [2.45, 2.75) is 25.3 Å². The third-order valence-corrected chi connectivity index (χ3v) is 7.30. The second-order valence-corrected chi connectivity index (χ2v) is 10.1. The third-order valence-electron chi connectivity index (χ3n) is 7.30. The maximum absolute atomic E-state index is 13.6. The van der Waals surface area contributed by atoms with Crippen LogP contribution in [0.5, 0.6) is 5.75 Å². The molecule has 2 amide bonds. The van der Waals surface area contributed by atoms with Crippen LogP contribution in [0.4, 0.5) is 0 Å². The van der Waals surface area contributed by atoms with Crippen molar-refractivity contribution in [3.63, 3.8) is 0 Å². The minimum absolute atomic E-state index is 0.157. The number of aromatic nitrogens is 1. The fourth-order valence-corrected chi connectivity index (χ4v) is 4.90. The molecule has 5 rings (SSSR count). The van der Waals surface area contributed by atoms with Crippen molar-refractivity contribution >= 4 is 45.5 Å². The fourth-order valence-electron chi connectivity index (χ4n) is 4.90. The Morgan fingerprint density at radius 2 is 1.62 bits per heavy atom. The van der Waals surface area contributed by atoms with Gasteiger partial charge in [-0.15, -0.1) is 0 Å². The SMILES string of the molecule is COc1ccc2cc([C@H](C)C(=O)N[C@@H](Cc3c[nH]c4ccccc34)C(=O)N/C(=C/c3ccccc3)C(=O)O)ccc2c1. The number of benzene rings is 4. The number of hydrogen-bond donors (Lipinski definition) is 4. The first kappa shape index (κ1) is 28.2. The maximum atomic E-state index is 13.6. The maximum Gasteiger partial charge on any atom is 0.352 e. The van der Waals surface area contributed by atoms with E-state index < -0.39 is 23.8 Å². The molecule has 1 heterocycles. The van der Waals surface area contributed by atoms with Crippen molar-refractivity contribution in [3.05, 3.63) is 120 Å². The molecule has 5 aromatic rings. The molecular weight excluding hydrogens is 530 g/mol. The molecule has 0 saturated heterocycles. The Kier molecular flexibility index (Phi) is 8.34. The summed E-state index contributed by atoms with van der Waals surface area (Å²) in [5, 5.41) is 18.1. The third kappa shape index (κ3) is 6.33. The minimum Gasteiger partial charge on any atom is -0.497 e. The molecule has 8 heteroatoms. The van der Waals surface area contributed by atoms with Gasteiger partial charge in [0.15, 0.2) is 0 Å². The molecule has 0 aliphatic heterocycles. The first-order valence-electron chi connectivity index (χ1n) is 13.6. The Labute approximate surface area is 243 Å². The van der Waals surface area contributed by atoms with Crippen LogP contribution in [0.3, 0.4) is 0 Å². The molecule has 1 aromatic heterocycles. The number of methoxy groups -OCH3 is 1. The van der Waals surface area contributed by atoms with Crippen LogP contribution in [0.25, 0.3) is 27.8 Å². The van der Waals surface area contributed by atoms with Gasteiger partial charge in [0.2, 0.25) is 11.8 Å². The van der Waals surface area contributed by atoms with Gasteiger partial charge in [-0.2, -0.15) is 0 Å². The number of para-hydroxylation sites is 1. The highest BCUT2D eigenvalue weighted by atomic mass is 16.5. The Bertz CT molecular complexity index is 1790. The molecule has 4 N–H and O–H groups in total. The van der Waals surface area contributed by atoms with Crippen LogP contribution < -0.4 is 15.4 Å². The van der Waals surface area contributed by atoms with Crippen molar-refractivity contribution in [1.82, 2.24) is 15.6 Å². The second-order valence-electron chi connectivity index (χ2n) is 10.1. The van der Waals surface area contributed by atoms with E-state index in [4.69, 9.17) is 4.74 Å². The lowest BCUT2D eigenvalue weighted by Crippen LogP contribution is -2.49. The van der Waals surface area contributed by atoms with Gasteiger partial charge in [0.25, 0.3) is 0 Å². The van der Waals surface area contributed by atoms with E-state index in [9.17, 15) is 19.5 Å². The summed E-state index contributed by atoms with van der Waals surface area (Å²) in [5.74, 6) is -2.10. The van der Waals surface area contributed by atoms with Crippen LogP contribution in [0.15, 0.2) is 103 Å². The molecular formula is C34H31N3O5. The normalized spacial score (nSPS) is 13.0. The van der Waals surface area contributed by atoms with E-state index in [1.165, 1.54) is 6.08 Å². The van der Waals surface area contributed by atoms with Crippen LogP contribution in [0, 0.1) is 0 Å². The number of carboxylic acids is 1. The number of nitrogens with one attached hydrogen (secondary N) is 3. The van der Waals surface area contributed by atoms with Crippen LogP contribution in [-0.4, -0.2) is 41.0 Å². The monoisotopic (exact) mass is 561 g/mol. The summed E-state index contributed by atoms with van der Waals surface area (Å²) in [4.78, 5) is 42.4. The zero-order valence-electron chi connectivity index (χ0n) is 23.3. The summed E-state index contributed by atoms with van der Waals surface area (Å²) in [6.45, 7) is 1.78. The molecule has 0 aliphatic rings. The molecule has 0 radical (unpaired) electrons. The van der Waals surface area contributed by atoms with Crippen molar-refractivity contribution in [2.75, 3.05) is 7.11 Å². The molecule has 0 aliphatic carbocycles. The lowest BCUT2D eigenvalue weighted by Gasteiger charge is -2.21. The van der Waals surface area contributed by atoms with E-state index in [-0.39, 0.29) is 18.0 Å². The fraction of sp³-hybridized carbons (Fsp3) is 0.147. The smallest absolute Gasteiger partial charge is 0.352 e. The number of carboxylic acid groups (broad SMARTS) is 1. The van der Waals surface area contributed by atoms with E-state index in [1.54, 1.807) is 44.5 Å². The van der Waals surface area contributed by atoms with E-state index in [0.29, 0.717) is 5.56 Å². The number of rotatable bonds is 10. The summed E-state index contributed by atoms with van der Waals surface area (Å²) in [6.07, 6.45) is 3.34. The number of carbonyl (C=O) groups is 3. The highest BCUT2D eigenvalue weighted by Crippen LogP contribution is 2.26. The van der Waals surface area contributed by atoms with Gasteiger partial charge in [0.1, 0.15) is 17.5 Å². The highest BCUT2D eigenvalue weighted by molar-refractivity contribution is 6.00. The van der Waals surface area contributed by atoms with Crippen LogP contribution in [0.1, 0.15) is 29.5 Å². The summed E-state index contributed by atoms with van der Waals surface area (Å²) < 4.78 is 5.30. The highest BCUT2D eigenvalue weighted by Gasteiger charge is 2.27. The molecule has 0 bridgehead atoms. The van der Waals surface area contributed by atoms with Crippen molar-refractivity contribution in [2.24, 2.45) is 0 Å². The van der Waals surface area contributed by atoms with Crippen molar-refractivity contribution < 1.29 is 24.2 Å². The lowest BCUT2D eigenvalue weighted by molar-refractivity contribution is -0.135. The molecule has 8 nitrogen and oxygen atoms in total. The van der Waals surface area contributed by atoms with Gasteiger partial charge in [0.05, 0.1) is 13.0 Å². The number of fused-ring (bicyclic) bond motifs is 2. The van der Waals surface area contributed by atoms with E-state index >= 15 is 0 Å². The predicted molar refractivity (Wildman–Crippen MR) is 163 cm³/mol. The first-order valence-corrected chi connectivity index (χ1v) is 13.6. The van der Waals surface area contributed by atoms with Crippen molar-refractivity contribution in [1.29, 1.82) is 0 Å². The predicted octanol–water partition coefficient (Wildman–Crippen LogP) is 5.40. The zero-order chi connectivity index (χ0) is 29.6. The molecule has 212 valence electrons. The average Bonchev–Trinajstić information content (AvgIpc) is 3.42. The number of ether oxygens (including phenoxy) is 1. The topological polar surface area (TPSA) is 121 Å². The van der Waals surface area contributed by atoms with Gasteiger partial charge in [-0.05, 0) is 58.7 Å². The van der Waals surface area contributed by atoms with Crippen LogP contribution in [-0.2, 0) is 20.8 Å². The van der Waals surface area contributed by atoms with Gasteiger partial charge >= 0.3 is 5.97 Å². The molecule has 0 saturated carbocycles. The number of hydrogen-bond acceptors (Lipinski definition) is 4. The Morgan fingerprint density at radius 3 is 2.38 bits per heavy atom. The summed E-state index contributed by atoms with van der Waals surface area (Å²) >= 11 is 0. The van der Waals surface area contributed by atoms with Gasteiger partial charge < -0.3 is 25.5 Å². The largest absolute Gasteiger partial charge is 0.497 e. The van der Waals surface area contributed by atoms with E-state index in [2.05, 4.69) is 15.6 Å². The lowest BCUT2D eigenvalue weighted by atomic mass is 9.96. The molecule has 0 unspecified atom stereocenters. The van der Waals surface area contributed by atoms with Crippen LogP contribution >= 0.6 is 0 Å². The molecule has 0 spiro atoms. The number of aliphatic carboxylic acids is 1. The van der Waals surface area contributed by atoms with Gasteiger partial charge in [0, 0.05) is 23.5 Å². The van der Waals surface area contributed by atoms with Gasteiger partial charge in [-0.3, -0.25) is 9.59 Å². The quantitative estimate of drug-likeness (QED) is 0.170. The number of aromatic amines is 1. The average molecular weight is 562 g/mol. The Morgan fingerprint density at radius 1 is 0.905 bits per heavy atom. The zero-order valence-corrected chi connectivity index (χ0v) is 23.3. The Hall–Kier alpha value is -5.37. The standard InChI is InChI=1S/C34H31N3O5/c1-21(23-12-13-25-18-27(42-2)15-14-24(25)17-23)32(38)36-30(19-26-20-35-29-11-7-6-10-28(26)29)33(39)37-31(34(40)41)16-22-8-4-3-5-9-22/h3-18,20-21,30,35H,19H2,1-2H3,(H,36,38)(H,37,39)(H,40,41)/b31-16+/t21-,30-/m0/s1. The van der Waals surface area contributed by atoms with Crippen LogP contribution in [0.2, 0.25) is 0 Å². The number of H-pyrrole nitrogens is 1. The van der Waals surface area contributed by atoms with E-state index in [1.807, 2.05) is 66.7 Å². The number of carbonyl (C=O) groups excluding carboxylic acids is 2. The van der Waals surface area contributed by atoms with Gasteiger partial charge in [-0.25, -0.2) is 4.79 Å². The van der Waals surface area contributed by atoms with E-state index in [0.717, 1.165) is 38.6 Å². The van der Waals surface area contributed by atoms with Gasteiger partial charge in [-0.1, -0.05) is 72.8 Å². The van der Waals surface area contributed by atoms with Crippen molar-refractivity contribution in [3.8, 4) is 5.75 Å². The number of amides is 2. The molecule has 0 fully saturated rings. The molecule has 42 heavy (non-hydrogen) atoms. The Balaban J connectivity index is 1.41. The summed E-state index contributed by atoms with van der Waals surface area (Å²) in [6, 6.07) is 26.9. The molecule has 4 aromatic carbocycles. The second kappa shape index (κ2) is 12.4.